The summed E-state index contributed by atoms with van der Waals surface area (Å²) < 4.78 is 13.8. The predicted molar refractivity (Wildman–Crippen MR) is 68.3 cm³/mol. The number of nitriles is 1. The van der Waals surface area contributed by atoms with Crippen molar-refractivity contribution in [2.24, 2.45) is 5.92 Å². The smallest absolute Gasteiger partial charge is 0.255 e. The predicted octanol–water partition coefficient (Wildman–Crippen LogP) is 2.96. The van der Waals surface area contributed by atoms with Crippen LogP contribution in [0.25, 0.3) is 0 Å². The van der Waals surface area contributed by atoms with Crippen LogP contribution in [-0.4, -0.2) is 23.9 Å². The molecule has 1 unspecified atom stereocenters. The van der Waals surface area contributed by atoms with Crippen LogP contribution in [0.1, 0.15) is 23.2 Å². The molecule has 1 heterocycles. The zero-order chi connectivity index (χ0) is 13.1. The number of benzene rings is 1. The van der Waals surface area contributed by atoms with E-state index in [9.17, 15) is 9.18 Å². The Bertz CT molecular complexity index is 512. The van der Waals surface area contributed by atoms with Crippen LogP contribution in [-0.2, 0) is 0 Å². The largest absolute Gasteiger partial charge is 0.337 e. The number of rotatable bonds is 1. The lowest BCUT2D eigenvalue weighted by Gasteiger charge is -2.29. The molecule has 3 nitrogen and oxygen atoms in total. The molecule has 2 rings (SSSR count). The van der Waals surface area contributed by atoms with E-state index in [2.05, 4.69) is 22.0 Å². The molecule has 1 fully saturated rings. The summed E-state index contributed by atoms with van der Waals surface area (Å²) in [6.07, 6.45) is 1.64. The summed E-state index contributed by atoms with van der Waals surface area (Å²) >= 11 is 3.25. The number of amides is 1. The lowest BCUT2D eigenvalue weighted by molar-refractivity contribution is 0.0697. The van der Waals surface area contributed by atoms with Crippen molar-refractivity contribution in [2.75, 3.05) is 13.1 Å². The highest BCUT2D eigenvalue weighted by atomic mass is 79.9. The van der Waals surface area contributed by atoms with Crippen molar-refractivity contribution in [3.8, 4) is 6.07 Å². The molecule has 18 heavy (non-hydrogen) atoms. The van der Waals surface area contributed by atoms with Crippen LogP contribution in [0, 0.1) is 23.1 Å². The Kier molecular flexibility index (Phi) is 3.97. The molecule has 0 aliphatic carbocycles. The standard InChI is InChI=1S/C13H12BrFN2O/c14-12-4-3-10(15)6-11(12)13(18)17-5-1-2-9(7-16)8-17/h3-4,6,9H,1-2,5,8H2. The molecule has 1 saturated heterocycles. The van der Waals surface area contributed by atoms with Gasteiger partial charge in [0.25, 0.3) is 5.91 Å². The Morgan fingerprint density at radius 2 is 2.33 bits per heavy atom. The summed E-state index contributed by atoms with van der Waals surface area (Å²) in [5.74, 6) is -0.772. The fraction of sp³-hybridized carbons (Fsp3) is 0.385. The summed E-state index contributed by atoms with van der Waals surface area (Å²) in [7, 11) is 0. The minimum absolute atomic E-state index is 0.116. The fourth-order valence-corrected chi connectivity index (χ4v) is 2.51. The van der Waals surface area contributed by atoms with Crippen LogP contribution in [0.15, 0.2) is 22.7 Å². The van der Waals surface area contributed by atoms with E-state index in [-0.39, 0.29) is 11.8 Å². The van der Waals surface area contributed by atoms with Gasteiger partial charge in [-0.25, -0.2) is 4.39 Å². The molecule has 0 saturated carbocycles. The Balaban J connectivity index is 2.21. The molecule has 1 aromatic rings. The van der Waals surface area contributed by atoms with Gasteiger partial charge in [-0.05, 0) is 47.0 Å². The molecule has 1 aliphatic heterocycles. The van der Waals surface area contributed by atoms with Crippen LogP contribution < -0.4 is 0 Å². The van der Waals surface area contributed by atoms with Crippen molar-refractivity contribution in [1.82, 2.24) is 4.90 Å². The van der Waals surface area contributed by atoms with E-state index in [1.807, 2.05) is 0 Å². The van der Waals surface area contributed by atoms with Gasteiger partial charge in [0.1, 0.15) is 5.82 Å². The summed E-state index contributed by atoms with van der Waals surface area (Å²) in [6.45, 7) is 1.05. The summed E-state index contributed by atoms with van der Waals surface area (Å²) in [5, 5.41) is 8.90. The van der Waals surface area contributed by atoms with E-state index in [0.29, 0.717) is 23.1 Å². The number of carbonyl (C=O) groups is 1. The van der Waals surface area contributed by atoms with E-state index in [4.69, 9.17) is 5.26 Å². The molecular formula is C13H12BrFN2O. The maximum absolute atomic E-state index is 13.2. The van der Waals surface area contributed by atoms with E-state index in [0.717, 1.165) is 12.8 Å². The normalized spacial score (nSPS) is 19.4. The highest BCUT2D eigenvalue weighted by Gasteiger charge is 2.25. The second-order valence-electron chi connectivity index (χ2n) is 4.34. The van der Waals surface area contributed by atoms with Gasteiger partial charge >= 0.3 is 0 Å². The zero-order valence-electron chi connectivity index (χ0n) is 9.70. The van der Waals surface area contributed by atoms with Crippen molar-refractivity contribution in [3.05, 3.63) is 34.1 Å². The topological polar surface area (TPSA) is 44.1 Å². The number of hydrogen-bond acceptors (Lipinski definition) is 2. The first-order valence-corrected chi connectivity index (χ1v) is 6.55. The van der Waals surface area contributed by atoms with E-state index in [1.54, 1.807) is 4.90 Å². The van der Waals surface area contributed by atoms with Crippen LogP contribution in [0.4, 0.5) is 4.39 Å². The number of carbonyl (C=O) groups excluding carboxylic acids is 1. The number of likely N-dealkylation sites (tertiary alicyclic amines) is 1. The van der Waals surface area contributed by atoms with Crippen molar-refractivity contribution >= 4 is 21.8 Å². The Hall–Kier alpha value is -1.41. The minimum atomic E-state index is -0.435. The van der Waals surface area contributed by atoms with Crippen molar-refractivity contribution in [3.63, 3.8) is 0 Å². The quantitative estimate of drug-likeness (QED) is 0.800. The fourth-order valence-electron chi connectivity index (χ4n) is 2.10. The summed E-state index contributed by atoms with van der Waals surface area (Å²) in [5.41, 5.74) is 0.314. The Morgan fingerprint density at radius 3 is 3.06 bits per heavy atom. The van der Waals surface area contributed by atoms with Gasteiger partial charge < -0.3 is 4.90 Å². The maximum Gasteiger partial charge on any atom is 0.255 e. The zero-order valence-corrected chi connectivity index (χ0v) is 11.3. The lowest BCUT2D eigenvalue weighted by Crippen LogP contribution is -2.39. The van der Waals surface area contributed by atoms with Crippen molar-refractivity contribution < 1.29 is 9.18 Å². The lowest BCUT2D eigenvalue weighted by atomic mass is 9.99. The molecule has 0 bridgehead atoms. The third-order valence-electron chi connectivity index (χ3n) is 3.05. The van der Waals surface area contributed by atoms with Gasteiger partial charge in [-0.3, -0.25) is 4.79 Å². The number of hydrogen-bond donors (Lipinski definition) is 0. The van der Waals surface area contributed by atoms with Gasteiger partial charge in [-0.1, -0.05) is 0 Å². The number of halogens is 2. The Morgan fingerprint density at radius 1 is 1.56 bits per heavy atom. The monoisotopic (exact) mass is 310 g/mol. The van der Waals surface area contributed by atoms with Crippen molar-refractivity contribution in [2.45, 2.75) is 12.8 Å². The first-order valence-electron chi connectivity index (χ1n) is 5.75. The van der Waals surface area contributed by atoms with Gasteiger partial charge in [0.2, 0.25) is 0 Å². The van der Waals surface area contributed by atoms with Crippen molar-refractivity contribution in [1.29, 1.82) is 5.26 Å². The second kappa shape index (κ2) is 5.49. The SMILES string of the molecule is N#CC1CCCN(C(=O)c2cc(F)ccc2Br)C1. The highest BCUT2D eigenvalue weighted by Crippen LogP contribution is 2.23. The van der Waals surface area contributed by atoms with Gasteiger partial charge in [0.05, 0.1) is 17.6 Å². The summed E-state index contributed by atoms with van der Waals surface area (Å²) in [6, 6.07) is 6.23. The molecular weight excluding hydrogens is 299 g/mol. The van der Waals surface area contributed by atoms with Crippen LogP contribution in [0.5, 0.6) is 0 Å². The molecule has 0 spiro atoms. The molecule has 94 valence electrons. The van der Waals surface area contributed by atoms with E-state index in [1.165, 1.54) is 18.2 Å². The number of piperidine rings is 1. The van der Waals surface area contributed by atoms with Crippen LogP contribution in [0.2, 0.25) is 0 Å². The minimum Gasteiger partial charge on any atom is -0.337 e. The molecule has 0 radical (unpaired) electrons. The molecule has 0 N–H and O–H groups in total. The second-order valence-corrected chi connectivity index (χ2v) is 5.20. The molecule has 5 heteroatoms. The third kappa shape index (κ3) is 2.70. The molecule has 1 amide bonds. The van der Waals surface area contributed by atoms with Crippen LogP contribution >= 0.6 is 15.9 Å². The Labute approximate surface area is 113 Å². The first-order chi connectivity index (χ1) is 8.61. The van der Waals surface area contributed by atoms with E-state index >= 15 is 0 Å². The van der Waals surface area contributed by atoms with Gasteiger partial charge in [-0.2, -0.15) is 5.26 Å². The highest BCUT2D eigenvalue weighted by molar-refractivity contribution is 9.10. The first kappa shape index (κ1) is 13.0. The van der Waals surface area contributed by atoms with Gasteiger partial charge in [-0.15, -0.1) is 0 Å². The van der Waals surface area contributed by atoms with Gasteiger partial charge in [0, 0.05) is 17.6 Å². The molecule has 1 atom stereocenters. The third-order valence-corrected chi connectivity index (χ3v) is 3.74. The average molecular weight is 311 g/mol. The molecule has 1 aliphatic rings. The van der Waals surface area contributed by atoms with Crippen LogP contribution in [0.3, 0.4) is 0 Å². The molecule has 1 aromatic carbocycles. The maximum atomic E-state index is 13.2. The van der Waals surface area contributed by atoms with E-state index < -0.39 is 5.82 Å². The number of nitrogens with zero attached hydrogens (tertiary/aromatic N) is 2. The van der Waals surface area contributed by atoms with Gasteiger partial charge in [0.15, 0.2) is 0 Å². The summed E-state index contributed by atoms with van der Waals surface area (Å²) in [4.78, 5) is 13.9. The average Bonchev–Trinajstić information content (AvgIpc) is 2.41. The molecule has 0 aromatic heterocycles.